The highest BCUT2D eigenvalue weighted by atomic mass is 16.5. The first-order chi connectivity index (χ1) is 6.20. The third-order valence-electron chi connectivity index (χ3n) is 1.70. The molecular weight excluding hydrogens is 172 g/mol. The van der Waals surface area contributed by atoms with E-state index >= 15 is 0 Å². The van der Waals surface area contributed by atoms with Crippen molar-refractivity contribution in [3.05, 3.63) is 0 Å². The van der Waals surface area contributed by atoms with Gasteiger partial charge in [-0.3, -0.25) is 4.79 Å². The van der Waals surface area contributed by atoms with Crippen LogP contribution in [-0.2, 0) is 14.3 Å². The van der Waals surface area contributed by atoms with E-state index in [1.54, 1.807) is 7.11 Å². The van der Waals surface area contributed by atoms with Crippen molar-refractivity contribution in [3.63, 3.8) is 0 Å². The van der Waals surface area contributed by atoms with E-state index in [-0.39, 0.29) is 12.5 Å². The lowest BCUT2D eigenvalue weighted by Crippen LogP contribution is -2.17. The number of hydrogen-bond donors (Lipinski definition) is 1. The summed E-state index contributed by atoms with van der Waals surface area (Å²) < 4.78 is 10.2. The fourth-order valence-electron chi connectivity index (χ4n) is 0.969. The van der Waals surface area contributed by atoms with Crippen LogP contribution < -0.4 is 0 Å². The predicted molar refractivity (Wildman–Crippen MR) is 48.8 cm³/mol. The van der Waals surface area contributed by atoms with Crippen molar-refractivity contribution in [1.82, 2.24) is 0 Å². The maximum atomic E-state index is 10.4. The summed E-state index contributed by atoms with van der Waals surface area (Å²) in [5.74, 6) is -0.807. The molecule has 0 bridgehead atoms. The third-order valence-corrected chi connectivity index (χ3v) is 1.70. The molecule has 13 heavy (non-hydrogen) atoms. The van der Waals surface area contributed by atoms with Gasteiger partial charge >= 0.3 is 5.97 Å². The molecule has 0 rings (SSSR count). The van der Waals surface area contributed by atoms with E-state index in [9.17, 15) is 4.79 Å². The first-order valence-corrected chi connectivity index (χ1v) is 4.53. The van der Waals surface area contributed by atoms with Crippen LogP contribution in [0.4, 0.5) is 0 Å². The van der Waals surface area contributed by atoms with Crippen LogP contribution >= 0.6 is 0 Å². The minimum absolute atomic E-state index is 0.0868. The number of carboxylic acid groups (broad SMARTS) is 1. The molecule has 0 spiro atoms. The number of hydrogen-bond acceptors (Lipinski definition) is 3. The average molecular weight is 190 g/mol. The summed E-state index contributed by atoms with van der Waals surface area (Å²) in [5.41, 5.74) is 0. The molecule has 0 heterocycles. The molecule has 0 aromatic rings. The average Bonchev–Trinajstić information content (AvgIpc) is 2.09. The Morgan fingerprint density at radius 2 is 2.15 bits per heavy atom. The van der Waals surface area contributed by atoms with E-state index in [1.807, 2.05) is 6.92 Å². The number of carbonyl (C=O) groups is 1. The quantitative estimate of drug-likeness (QED) is 0.586. The monoisotopic (exact) mass is 190 g/mol. The van der Waals surface area contributed by atoms with Crippen molar-refractivity contribution in [1.29, 1.82) is 0 Å². The summed E-state index contributed by atoms with van der Waals surface area (Å²) in [6, 6.07) is 0. The largest absolute Gasteiger partial charge is 0.481 e. The molecule has 0 aromatic carbocycles. The van der Waals surface area contributed by atoms with Crippen molar-refractivity contribution in [3.8, 4) is 0 Å². The van der Waals surface area contributed by atoms with Gasteiger partial charge < -0.3 is 14.6 Å². The molecule has 0 aromatic heterocycles. The van der Waals surface area contributed by atoms with Gasteiger partial charge in [0.1, 0.15) is 0 Å². The van der Waals surface area contributed by atoms with Gasteiger partial charge in [-0.25, -0.2) is 0 Å². The highest BCUT2D eigenvalue weighted by Gasteiger charge is 2.10. The summed E-state index contributed by atoms with van der Waals surface area (Å²) in [6.45, 7) is 3.15. The van der Waals surface area contributed by atoms with Crippen LogP contribution in [0.3, 0.4) is 0 Å². The zero-order valence-electron chi connectivity index (χ0n) is 8.28. The summed E-state index contributed by atoms with van der Waals surface area (Å²) >= 11 is 0. The van der Waals surface area contributed by atoms with Crippen molar-refractivity contribution >= 4 is 5.97 Å². The minimum Gasteiger partial charge on any atom is -0.481 e. The zero-order valence-corrected chi connectivity index (χ0v) is 8.28. The Kier molecular flexibility index (Phi) is 7.63. The smallest absolute Gasteiger partial charge is 0.305 e. The van der Waals surface area contributed by atoms with E-state index in [0.717, 1.165) is 12.8 Å². The highest BCUT2D eigenvalue weighted by Crippen LogP contribution is 2.03. The molecule has 0 radical (unpaired) electrons. The lowest BCUT2D eigenvalue weighted by Gasteiger charge is -2.13. The number of methoxy groups -OCH3 is 1. The standard InChI is InChI=1S/C9H18O4/c1-3-8(7-9(10)11)13-6-4-5-12-2/h8H,3-7H2,1-2H3,(H,10,11). The molecule has 0 fully saturated rings. The van der Waals surface area contributed by atoms with Gasteiger partial charge in [-0.2, -0.15) is 0 Å². The predicted octanol–water partition coefficient (Wildman–Crippen LogP) is 1.29. The molecule has 78 valence electrons. The SMILES string of the molecule is CCC(CC(=O)O)OCCCOC. The topological polar surface area (TPSA) is 55.8 Å². The fourth-order valence-corrected chi connectivity index (χ4v) is 0.969. The molecule has 1 unspecified atom stereocenters. The molecule has 1 N–H and O–H groups in total. The lowest BCUT2D eigenvalue weighted by molar-refractivity contribution is -0.140. The Hall–Kier alpha value is -0.610. The van der Waals surface area contributed by atoms with Crippen LogP contribution in [0.5, 0.6) is 0 Å². The van der Waals surface area contributed by atoms with Crippen molar-refractivity contribution in [2.24, 2.45) is 0 Å². The Labute approximate surface area is 78.8 Å². The van der Waals surface area contributed by atoms with E-state index in [0.29, 0.717) is 13.2 Å². The van der Waals surface area contributed by atoms with Gasteiger partial charge in [-0.1, -0.05) is 6.92 Å². The molecule has 0 aliphatic carbocycles. The first-order valence-electron chi connectivity index (χ1n) is 4.53. The summed E-state index contributed by atoms with van der Waals surface area (Å²) in [6.07, 6.45) is 1.48. The number of carboxylic acids is 1. The van der Waals surface area contributed by atoms with Crippen LogP contribution in [0.15, 0.2) is 0 Å². The molecule has 0 amide bonds. The second-order valence-corrected chi connectivity index (χ2v) is 2.85. The van der Waals surface area contributed by atoms with E-state index in [1.165, 1.54) is 0 Å². The van der Waals surface area contributed by atoms with Crippen LogP contribution in [0.1, 0.15) is 26.2 Å². The third kappa shape index (κ3) is 7.74. The Morgan fingerprint density at radius 1 is 1.46 bits per heavy atom. The van der Waals surface area contributed by atoms with Crippen molar-refractivity contribution in [2.75, 3.05) is 20.3 Å². The Bertz CT molecular complexity index is 136. The van der Waals surface area contributed by atoms with Gasteiger partial charge in [0, 0.05) is 20.3 Å². The maximum Gasteiger partial charge on any atom is 0.305 e. The highest BCUT2D eigenvalue weighted by molar-refractivity contribution is 5.67. The molecule has 0 aliphatic rings. The van der Waals surface area contributed by atoms with Crippen molar-refractivity contribution in [2.45, 2.75) is 32.3 Å². The number of rotatable bonds is 8. The summed E-state index contributed by atoms with van der Waals surface area (Å²) in [4.78, 5) is 10.4. The fraction of sp³-hybridized carbons (Fsp3) is 0.889. The number of ether oxygens (including phenoxy) is 2. The molecule has 0 saturated heterocycles. The van der Waals surface area contributed by atoms with Gasteiger partial charge in [0.25, 0.3) is 0 Å². The molecule has 0 saturated carbocycles. The van der Waals surface area contributed by atoms with Gasteiger partial charge in [0.2, 0.25) is 0 Å². The molecule has 0 aliphatic heterocycles. The van der Waals surface area contributed by atoms with Crippen LogP contribution in [0.2, 0.25) is 0 Å². The maximum absolute atomic E-state index is 10.4. The number of aliphatic carboxylic acids is 1. The molecule has 4 nitrogen and oxygen atoms in total. The second-order valence-electron chi connectivity index (χ2n) is 2.85. The van der Waals surface area contributed by atoms with E-state index in [2.05, 4.69) is 0 Å². The van der Waals surface area contributed by atoms with Gasteiger partial charge in [-0.15, -0.1) is 0 Å². The van der Waals surface area contributed by atoms with Crippen LogP contribution in [-0.4, -0.2) is 37.5 Å². The van der Waals surface area contributed by atoms with Gasteiger partial charge in [0.15, 0.2) is 0 Å². The second kappa shape index (κ2) is 8.01. The minimum atomic E-state index is -0.807. The molecule has 1 atom stereocenters. The first kappa shape index (κ1) is 12.4. The van der Waals surface area contributed by atoms with Gasteiger partial charge in [-0.05, 0) is 12.8 Å². The summed E-state index contributed by atoms with van der Waals surface area (Å²) in [7, 11) is 1.63. The van der Waals surface area contributed by atoms with Crippen molar-refractivity contribution < 1.29 is 19.4 Å². The van der Waals surface area contributed by atoms with Crippen LogP contribution in [0, 0.1) is 0 Å². The Balaban J connectivity index is 3.42. The van der Waals surface area contributed by atoms with Crippen LogP contribution in [0.25, 0.3) is 0 Å². The lowest BCUT2D eigenvalue weighted by atomic mass is 10.2. The zero-order chi connectivity index (χ0) is 10.1. The van der Waals surface area contributed by atoms with Gasteiger partial charge in [0.05, 0.1) is 12.5 Å². The summed E-state index contributed by atoms with van der Waals surface area (Å²) in [5, 5.41) is 8.51. The molecular formula is C9H18O4. The normalized spacial score (nSPS) is 12.8. The van der Waals surface area contributed by atoms with E-state index < -0.39 is 5.97 Å². The Morgan fingerprint density at radius 3 is 2.62 bits per heavy atom. The van der Waals surface area contributed by atoms with E-state index in [4.69, 9.17) is 14.6 Å². The molecule has 4 heteroatoms.